The van der Waals surface area contributed by atoms with Crippen LogP contribution in [0, 0.1) is 0 Å². The molecule has 0 aromatic heterocycles. The van der Waals surface area contributed by atoms with Gasteiger partial charge in [-0.3, -0.25) is 14.4 Å². The first-order chi connectivity index (χ1) is 27.0. The summed E-state index contributed by atoms with van der Waals surface area (Å²) < 4.78 is 16.6. The quantitative estimate of drug-likeness (QED) is 0.0203. The van der Waals surface area contributed by atoms with Crippen LogP contribution in [0.15, 0.2) is 60.8 Å². The largest absolute Gasteiger partial charge is 0.462 e. The molecule has 0 aromatic carbocycles. The zero-order valence-electron chi connectivity index (χ0n) is 35.9. The first-order valence-electron chi connectivity index (χ1n) is 22.8. The smallest absolute Gasteiger partial charge is 0.306 e. The number of hydrogen-bond acceptors (Lipinski definition) is 6. The lowest BCUT2D eigenvalue weighted by Gasteiger charge is -2.18. The number of rotatable bonds is 40. The molecule has 0 radical (unpaired) electrons. The molecular formula is C49H84O6. The van der Waals surface area contributed by atoms with Crippen LogP contribution in [0.5, 0.6) is 0 Å². The summed E-state index contributed by atoms with van der Waals surface area (Å²) in [5, 5.41) is 0. The number of esters is 3. The fourth-order valence-corrected chi connectivity index (χ4v) is 5.98. The van der Waals surface area contributed by atoms with Gasteiger partial charge in [-0.15, -0.1) is 0 Å². The molecule has 1 unspecified atom stereocenters. The van der Waals surface area contributed by atoms with Crippen molar-refractivity contribution in [2.24, 2.45) is 0 Å². The van der Waals surface area contributed by atoms with Crippen LogP contribution in [0.2, 0.25) is 0 Å². The third-order valence-corrected chi connectivity index (χ3v) is 9.49. The summed E-state index contributed by atoms with van der Waals surface area (Å²) in [7, 11) is 0. The van der Waals surface area contributed by atoms with Crippen molar-refractivity contribution < 1.29 is 28.6 Å². The maximum atomic E-state index is 12.7. The lowest BCUT2D eigenvalue weighted by Crippen LogP contribution is -2.30. The van der Waals surface area contributed by atoms with Gasteiger partial charge in [-0.2, -0.15) is 0 Å². The molecule has 0 aliphatic carbocycles. The summed E-state index contributed by atoms with van der Waals surface area (Å²) in [6.07, 6.45) is 52.1. The fraction of sp³-hybridized carbons (Fsp3) is 0.735. The third-order valence-electron chi connectivity index (χ3n) is 9.49. The standard InChI is InChI=1S/C49H84O6/c1-4-7-10-13-16-19-21-22-23-24-25-26-28-30-33-36-39-42-48(51)54-45-46(44-53-47(50)41-38-35-32-29-18-15-12-9-6-3)55-49(52)43-40-37-34-31-27-20-17-14-11-8-5-2/h14,16-17,19-20,22-23,27,29,32,46H,4-13,15,18,21,24-26,28,30-31,33-45H2,1-3H3/b17-14-,19-16-,23-22-,27-20-,32-29-. The maximum absolute atomic E-state index is 12.7. The number of unbranched alkanes of at least 4 members (excludes halogenated alkanes) is 20. The van der Waals surface area contributed by atoms with E-state index in [2.05, 4.69) is 81.5 Å². The fourth-order valence-electron chi connectivity index (χ4n) is 5.98. The predicted molar refractivity (Wildman–Crippen MR) is 233 cm³/mol. The molecule has 0 saturated heterocycles. The van der Waals surface area contributed by atoms with Crippen LogP contribution in [0.3, 0.4) is 0 Å². The number of ether oxygens (including phenoxy) is 3. The van der Waals surface area contributed by atoms with Crippen molar-refractivity contribution in [3.05, 3.63) is 60.8 Å². The van der Waals surface area contributed by atoms with Crippen LogP contribution in [0.1, 0.15) is 213 Å². The molecule has 0 heterocycles. The van der Waals surface area contributed by atoms with E-state index in [1.165, 1.54) is 89.9 Å². The van der Waals surface area contributed by atoms with Crippen LogP contribution in [0.4, 0.5) is 0 Å². The number of hydrogen-bond donors (Lipinski definition) is 0. The molecule has 0 N–H and O–H groups in total. The van der Waals surface area contributed by atoms with Gasteiger partial charge in [0.25, 0.3) is 0 Å². The van der Waals surface area contributed by atoms with Crippen LogP contribution < -0.4 is 0 Å². The monoisotopic (exact) mass is 769 g/mol. The van der Waals surface area contributed by atoms with E-state index in [0.29, 0.717) is 19.3 Å². The molecule has 55 heavy (non-hydrogen) atoms. The first-order valence-corrected chi connectivity index (χ1v) is 22.8. The zero-order valence-corrected chi connectivity index (χ0v) is 35.9. The number of allylic oxidation sites excluding steroid dienone is 10. The van der Waals surface area contributed by atoms with Crippen molar-refractivity contribution in [1.29, 1.82) is 0 Å². The van der Waals surface area contributed by atoms with E-state index >= 15 is 0 Å². The summed E-state index contributed by atoms with van der Waals surface area (Å²) in [5.41, 5.74) is 0. The van der Waals surface area contributed by atoms with Gasteiger partial charge in [0, 0.05) is 19.3 Å². The van der Waals surface area contributed by atoms with Crippen molar-refractivity contribution >= 4 is 17.9 Å². The van der Waals surface area contributed by atoms with E-state index in [0.717, 1.165) is 77.0 Å². The van der Waals surface area contributed by atoms with E-state index in [1.807, 2.05) is 0 Å². The van der Waals surface area contributed by atoms with Crippen molar-refractivity contribution in [2.75, 3.05) is 13.2 Å². The molecule has 0 aliphatic rings. The van der Waals surface area contributed by atoms with Crippen molar-refractivity contribution in [2.45, 2.75) is 219 Å². The first kappa shape index (κ1) is 52.1. The molecule has 316 valence electrons. The van der Waals surface area contributed by atoms with E-state index < -0.39 is 6.10 Å². The molecule has 6 heteroatoms. The van der Waals surface area contributed by atoms with Gasteiger partial charge in [-0.05, 0) is 89.9 Å². The lowest BCUT2D eigenvalue weighted by molar-refractivity contribution is -0.167. The van der Waals surface area contributed by atoms with Gasteiger partial charge >= 0.3 is 17.9 Å². The normalized spacial score (nSPS) is 12.6. The van der Waals surface area contributed by atoms with Crippen molar-refractivity contribution in [1.82, 2.24) is 0 Å². The Kier molecular flexibility index (Phi) is 41.5. The highest BCUT2D eigenvalue weighted by molar-refractivity contribution is 5.71. The molecule has 1 atom stereocenters. The van der Waals surface area contributed by atoms with Gasteiger partial charge in [0.1, 0.15) is 13.2 Å². The summed E-state index contributed by atoms with van der Waals surface area (Å²) >= 11 is 0. The number of carbonyl (C=O) groups excluding carboxylic acids is 3. The Morgan fingerprint density at radius 2 is 0.745 bits per heavy atom. The lowest BCUT2D eigenvalue weighted by atomic mass is 10.1. The highest BCUT2D eigenvalue weighted by atomic mass is 16.6. The second kappa shape index (κ2) is 43.8. The molecule has 0 aliphatic heterocycles. The molecule has 0 rings (SSSR count). The van der Waals surface area contributed by atoms with Gasteiger partial charge < -0.3 is 14.2 Å². The molecule has 6 nitrogen and oxygen atoms in total. The summed E-state index contributed by atoms with van der Waals surface area (Å²) in [5.74, 6) is -0.976. The number of carbonyl (C=O) groups is 3. The highest BCUT2D eigenvalue weighted by Gasteiger charge is 2.19. The molecule has 0 aromatic rings. The van der Waals surface area contributed by atoms with E-state index in [1.54, 1.807) is 0 Å². The Morgan fingerprint density at radius 1 is 0.382 bits per heavy atom. The Bertz CT molecular complexity index is 1020. The summed E-state index contributed by atoms with van der Waals surface area (Å²) in [6, 6.07) is 0. The third kappa shape index (κ3) is 42.1. The average molecular weight is 769 g/mol. The predicted octanol–water partition coefficient (Wildman–Crippen LogP) is 14.5. The van der Waals surface area contributed by atoms with Crippen LogP contribution in [0.25, 0.3) is 0 Å². The molecule has 0 saturated carbocycles. The summed E-state index contributed by atoms with van der Waals surface area (Å²) in [4.78, 5) is 37.6. The van der Waals surface area contributed by atoms with Crippen LogP contribution >= 0.6 is 0 Å². The second-order valence-electron chi connectivity index (χ2n) is 15.0. The summed E-state index contributed by atoms with van der Waals surface area (Å²) in [6.45, 7) is 6.45. The molecule has 0 fully saturated rings. The Balaban J connectivity index is 4.39. The Labute approximate surface area is 339 Å². The Morgan fingerprint density at radius 3 is 1.31 bits per heavy atom. The Hall–Kier alpha value is -2.89. The highest BCUT2D eigenvalue weighted by Crippen LogP contribution is 2.12. The molecular weight excluding hydrogens is 685 g/mol. The minimum Gasteiger partial charge on any atom is -0.462 e. The van der Waals surface area contributed by atoms with Gasteiger partial charge in [0.15, 0.2) is 6.10 Å². The molecule has 0 amide bonds. The van der Waals surface area contributed by atoms with Gasteiger partial charge in [0.2, 0.25) is 0 Å². The minimum atomic E-state index is -0.798. The van der Waals surface area contributed by atoms with Crippen molar-refractivity contribution in [3.8, 4) is 0 Å². The maximum Gasteiger partial charge on any atom is 0.306 e. The second-order valence-corrected chi connectivity index (χ2v) is 15.0. The zero-order chi connectivity index (χ0) is 40.1. The van der Waals surface area contributed by atoms with Gasteiger partial charge in [-0.25, -0.2) is 0 Å². The van der Waals surface area contributed by atoms with Crippen molar-refractivity contribution in [3.63, 3.8) is 0 Å². The van der Waals surface area contributed by atoms with E-state index in [4.69, 9.17) is 14.2 Å². The van der Waals surface area contributed by atoms with Gasteiger partial charge in [-0.1, -0.05) is 165 Å². The van der Waals surface area contributed by atoms with E-state index in [9.17, 15) is 14.4 Å². The topological polar surface area (TPSA) is 78.9 Å². The minimum absolute atomic E-state index is 0.0983. The molecule has 0 bridgehead atoms. The van der Waals surface area contributed by atoms with Crippen LogP contribution in [-0.4, -0.2) is 37.2 Å². The van der Waals surface area contributed by atoms with E-state index in [-0.39, 0.29) is 37.5 Å². The average Bonchev–Trinajstić information content (AvgIpc) is 3.18. The molecule has 0 spiro atoms. The van der Waals surface area contributed by atoms with Gasteiger partial charge in [0.05, 0.1) is 0 Å². The van der Waals surface area contributed by atoms with Crippen LogP contribution in [-0.2, 0) is 28.6 Å². The SMILES string of the molecule is CCCC/C=C\C=C/CCCCCC(=O)OC(COC(=O)CCC/C=C\CCCCCC)COC(=O)CCCCCCCCC/C=C\C/C=C\CCCCC.